The van der Waals surface area contributed by atoms with E-state index in [0.717, 1.165) is 11.3 Å². The van der Waals surface area contributed by atoms with E-state index in [9.17, 15) is 13.2 Å². The minimum Gasteiger partial charge on any atom is -0.268 e. The molecule has 1 N–H and O–H groups in total. The summed E-state index contributed by atoms with van der Waals surface area (Å²) in [6.07, 6.45) is 1.72. The Morgan fingerprint density at radius 2 is 2.12 bits per heavy atom. The van der Waals surface area contributed by atoms with Gasteiger partial charge in [-0.3, -0.25) is 4.79 Å². The summed E-state index contributed by atoms with van der Waals surface area (Å²) in [5, 5.41) is 4.65. The largest absolute Gasteiger partial charge is 0.268 e. The van der Waals surface area contributed by atoms with E-state index in [4.69, 9.17) is 11.6 Å². The van der Waals surface area contributed by atoms with Gasteiger partial charge in [-0.25, -0.2) is 17.8 Å². The van der Waals surface area contributed by atoms with Crippen LogP contribution in [0.3, 0.4) is 0 Å². The molecular weight excluding hydrogens is 350 g/mol. The molecular formula is C16H18ClN3O3S. The smallest absolute Gasteiger partial charge is 0.266 e. The summed E-state index contributed by atoms with van der Waals surface area (Å²) in [6, 6.07) is 6.09. The second kappa shape index (κ2) is 6.31. The van der Waals surface area contributed by atoms with Crippen LogP contribution in [0.4, 0.5) is 0 Å². The highest BCUT2D eigenvalue weighted by Gasteiger charge is 2.27. The fourth-order valence-corrected chi connectivity index (χ4v) is 4.72. The fraction of sp³-hybridized carbons (Fsp3) is 0.375. The van der Waals surface area contributed by atoms with Gasteiger partial charge in [0, 0.05) is 24.2 Å². The number of hydrogen-bond donors (Lipinski definition) is 1. The third-order valence-corrected chi connectivity index (χ3v) is 6.36. The van der Waals surface area contributed by atoms with Gasteiger partial charge in [0.25, 0.3) is 5.56 Å². The van der Waals surface area contributed by atoms with Crippen molar-refractivity contribution < 1.29 is 8.42 Å². The predicted octanol–water partition coefficient (Wildman–Crippen LogP) is 1.58. The average Bonchev–Trinajstić information content (AvgIpc) is 2.51. The summed E-state index contributed by atoms with van der Waals surface area (Å²) in [4.78, 5) is 11.9. The van der Waals surface area contributed by atoms with Crippen LogP contribution in [0.1, 0.15) is 23.2 Å². The van der Waals surface area contributed by atoms with E-state index in [0.29, 0.717) is 29.8 Å². The molecule has 1 atom stereocenters. The van der Waals surface area contributed by atoms with Gasteiger partial charge in [-0.2, -0.15) is 5.10 Å². The van der Waals surface area contributed by atoms with Crippen LogP contribution in [0.25, 0.3) is 0 Å². The molecule has 128 valence electrons. The van der Waals surface area contributed by atoms with Crippen LogP contribution in [0.15, 0.2) is 34.0 Å². The summed E-state index contributed by atoms with van der Waals surface area (Å²) in [6.45, 7) is 1.68. The molecule has 1 aliphatic rings. The topological polar surface area (TPSA) is 81.1 Å². The molecule has 0 fully saturated rings. The average molecular weight is 368 g/mol. The van der Waals surface area contributed by atoms with Gasteiger partial charge in [0.2, 0.25) is 10.0 Å². The van der Waals surface area contributed by atoms with E-state index in [1.54, 1.807) is 26.1 Å². The number of aryl methyl sites for hydroxylation is 2. The van der Waals surface area contributed by atoms with Crippen molar-refractivity contribution in [2.75, 3.05) is 0 Å². The van der Waals surface area contributed by atoms with Crippen molar-refractivity contribution in [2.24, 2.45) is 7.05 Å². The second-order valence-corrected chi connectivity index (χ2v) is 8.09. The molecule has 1 aromatic heterocycles. The number of rotatable bonds is 3. The Hall–Kier alpha value is -1.70. The molecule has 0 amide bonds. The normalized spacial score (nSPS) is 17.5. The predicted molar refractivity (Wildman–Crippen MR) is 91.8 cm³/mol. The lowest BCUT2D eigenvalue weighted by atomic mass is 9.93. The van der Waals surface area contributed by atoms with Crippen molar-refractivity contribution in [1.29, 1.82) is 0 Å². The van der Waals surface area contributed by atoms with Crippen LogP contribution < -0.4 is 10.3 Å². The van der Waals surface area contributed by atoms with Gasteiger partial charge in [0.15, 0.2) is 0 Å². The molecule has 1 unspecified atom stereocenters. The second-order valence-electron chi connectivity index (χ2n) is 6.00. The number of halogens is 1. The Balaban J connectivity index is 1.85. The standard InChI is InChI=1S/C16H18ClN3O3S/c1-10-13(17)4-3-5-15(10)24(22,23)19-12-6-7-14-11(8-12)9-16(21)20(2)18-14/h3-5,9,12,19H,6-8H2,1-2H3. The monoisotopic (exact) mass is 367 g/mol. The maximum Gasteiger partial charge on any atom is 0.266 e. The lowest BCUT2D eigenvalue weighted by Gasteiger charge is -2.25. The van der Waals surface area contributed by atoms with Crippen molar-refractivity contribution in [1.82, 2.24) is 14.5 Å². The number of aromatic nitrogens is 2. The van der Waals surface area contributed by atoms with Gasteiger partial charge >= 0.3 is 0 Å². The summed E-state index contributed by atoms with van der Waals surface area (Å²) in [5.41, 5.74) is 1.99. The first kappa shape index (κ1) is 17.1. The van der Waals surface area contributed by atoms with Gasteiger partial charge in [-0.15, -0.1) is 0 Å². The SMILES string of the molecule is Cc1c(Cl)cccc1S(=O)(=O)NC1CCc2nn(C)c(=O)cc2C1. The van der Waals surface area contributed by atoms with Crippen molar-refractivity contribution in [3.05, 3.63) is 56.5 Å². The van der Waals surface area contributed by atoms with Crippen molar-refractivity contribution >= 4 is 21.6 Å². The molecule has 2 aromatic rings. The molecule has 0 saturated heterocycles. The maximum atomic E-state index is 12.7. The van der Waals surface area contributed by atoms with E-state index in [-0.39, 0.29) is 16.5 Å². The number of fused-ring (bicyclic) bond motifs is 1. The fourth-order valence-electron chi connectivity index (χ4n) is 2.95. The third-order valence-electron chi connectivity index (χ3n) is 4.28. The maximum absolute atomic E-state index is 12.7. The van der Waals surface area contributed by atoms with Gasteiger partial charge < -0.3 is 0 Å². The van der Waals surface area contributed by atoms with Crippen molar-refractivity contribution in [3.63, 3.8) is 0 Å². The molecule has 0 aliphatic heterocycles. The zero-order valence-electron chi connectivity index (χ0n) is 13.4. The van der Waals surface area contributed by atoms with Gasteiger partial charge in [0.05, 0.1) is 10.6 Å². The molecule has 1 heterocycles. The quantitative estimate of drug-likeness (QED) is 0.893. The molecule has 1 aromatic carbocycles. The first-order valence-corrected chi connectivity index (χ1v) is 9.47. The Labute approximate surface area is 145 Å². The van der Waals surface area contributed by atoms with Crippen LogP contribution in [0, 0.1) is 6.92 Å². The lowest BCUT2D eigenvalue weighted by molar-refractivity contribution is 0.492. The van der Waals surface area contributed by atoms with Crippen LogP contribution in [0.5, 0.6) is 0 Å². The number of hydrogen-bond acceptors (Lipinski definition) is 4. The van der Waals surface area contributed by atoms with Crippen molar-refractivity contribution in [3.8, 4) is 0 Å². The minimum absolute atomic E-state index is 0.183. The van der Waals surface area contributed by atoms with Crippen LogP contribution in [-0.4, -0.2) is 24.2 Å². The van der Waals surface area contributed by atoms with E-state index in [2.05, 4.69) is 9.82 Å². The first-order chi connectivity index (χ1) is 11.3. The zero-order valence-corrected chi connectivity index (χ0v) is 15.0. The van der Waals surface area contributed by atoms with Crippen LogP contribution in [0.2, 0.25) is 5.02 Å². The molecule has 0 saturated carbocycles. The Bertz CT molecular complexity index is 954. The summed E-state index contributed by atoms with van der Waals surface area (Å²) < 4.78 is 29.3. The van der Waals surface area contributed by atoms with Gasteiger partial charge in [-0.1, -0.05) is 17.7 Å². The molecule has 0 radical (unpaired) electrons. The first-order valence-electron chi connectivity index (χ1n) is 7.61. The summed E-state index contributed by atoms with van der Waals surface area (Å²) >= 11 is 6.02. The zero-order chi connectivity index (χ0) is 17.5. The minimum atomic E-state index is -3.67. The number of nitrogens with zero attached hydrogens (tertiary/aromatic N) is 2. The van der Waals surface area contributed by atoms with E-state index in [1.807, 2.05) is 0 Å². The van der Waals surface area contributed by atoms with E-state index in [1.165, 1.54) is 16.8 Å². The van der Waals surface area contributed by atoms with E-state index < -0.39 is 10.0 Å². The number of nitrogens with one attached hydrogen (secondary N) is 1. The Kier molecular flexibility index (Phi) is 4.50. The highest BCUT2D eigenvalue weighted by molar-refractivity contribution is 7.89. The van der Waals surface area contributed by atoms with Crippen molar-refractivity contribution in [2.45, 2.75) is 37.1 Å². The molecule has 1 aliphatic carbocycles. The van der Waals surface area contributed by atoms with Crippen LogP contribution in [-0.2, 0) is 29.9 Å². The number of sulfonamides is 1. The third kappa shape index (κ3) is 3.24. The molecule has 0 bridgehead atoms. The lowest BCUT2D eigenvalue weighted by Crippen LogP contribution is -2.40. The van der Waals surface area contributed by atoms with E-state index >= 15 is 0 Å². The highest BCUT2D eigenvalue weighted by atomic mass is 35.5. The molecule has 24 heavy (non-hydrogen) atoms. The molecule has 8 heteroatoms. The molecule has 3 rings (SSSR count). The Morgan fingerprint density at radius 3 is 2.88 bits per heavy atom. The molecule has 0 spiro atoms. The highest BCUT2D eigenvalue weighted by Crippen LogP contribution is 2.24. The number of benzene rings is 1. The van der Waals surface area contributed by atoms with Crippen LogP contribution >= 0.6 is 11.6 Å². The summed E-state index contributed by atoms with van der Waals surface area (Å²) in [5.74, 6) is 0. The summed E-state index contributed by atoms with van der Waals surface area (Å²) in [7, 11) is -2.06. The van der Waals surface area contributed by atoms with Gasteiger partial charge in [-0.05, 0) is 49.4 Å². The Morgan fingerprint density at radius 1 is 1.38 bits per heavy atom. The molecule has 6 nitrogen and oxygen atoms in total. The van der Waals surface area contributed by atoms with Gasteiger partial charge in [0.1, 0.15) is 0 Å².